The molecule has 2 atom stereocenters. The molecule has 1 fully saturated rings. The summed E-state index contributed by atoms with van der Waals surface area (Å²) in [5.74, 6) is -1.40. The molecule has 0 aromatic heterocycles. The summed E-state index contributed by atoms with van der Waals surface area (Å²) in [5, 5.41) is 0. The fourth-order valence-electron chi connectivity index (χ4n) is 4.60. The molecule has 3 aliphatic rings. The minimum atomic E-state index is -0.825. The molecule has 1 amide bonds. The van der Waals surface area contributed by atoms with Gasteiger partial charge in [-0.1, -0.05) is 24.3 Å². The van der Waals surface area contributed by atoms with Crippen LogP contribution in [0.2, 0.25) is 0 Å². The lowest BCUT2D eigenvalue weighted by molar-refractivity contribution is -0.168. The van der Waals surface area contributed by atoms with Gasteiger partial charge in [-0.2, -0.15) is 4.99 Å². The second kappa shape index (κ2) is 9.28. The molecule has 9 heteroatoms. The fraction of sp³-hybridized carbons (Fsp3) is 0.565. The van der Waals surface area contributed by atoms with Crippen LogP contribution in [0, 0.1) is 0 Å². The van der Waals surface area contributed by atoms with Gasteiger partial charge in [0.2, 0.25) is 5.91 Å². The summed E-state index contributed by atoms with van der Waals surface area (Å²) >= 11 is 0. The number of ether oxygens (including phenoxy) is 4. The van der Waals surface area contributed by atoms with Crippen LogP contribution in [0.3, 0.4) is 0 Å². The number of benzene rings is 1. The summed E-state index contributed by atoms with van der Waals surface area (Å²) in [6, 6.07) is 8.46. The summed E-state index contributed by atoms with van der Waals surface area (Å²) < 4.78 is 22.7. The monoisotopic (exact) mass is 444 g/mol. The first-order chi connectivity index (χ1) is 15.4. The third kappa shape index (κ3) is 4.77. The highest BCUT2D eigenvalue weighted by molar-refractivity contribution is 5.90. The number of amides is 1. The maximum absolute atomic E-state index is 12.4. The third-order valence-electron chi connectivity index (χ3n) is 6.14. The number of rotatable bonds is 2. The molecular formula is C23H28N2O7. The predicted octanol–water partition coefficient (Wildman–Crippen LogP) is 2.06. The van der Waals surface area contributed by atoms with E-state index in [2.05, 4.69) is 17.1 Å². The van der Waals surface area contributed by atoms with Gasteiger partial charge in [0.15, 0.2) is 6.10 Å². The molecule has 1 spiro atoms. The molecule has 32 heavy (non-hydrogen) atoms. The van der Waals surface area contributed by atoms with Gasteiger partial charge in [0.05, 0.1) is 12.2 Å². The van der Waals surface area contributed by atoms with Crippen molar-refractivity contribution in [1.82, 2.24) is 4.90 Å². The van der Waals surface area contributed by atoms with Gasteiger partial charge in [-0.15, -0.1) is 0 Å². The van der Waals surface area contributed by atoms with Crippen LogP contribution in [-0.2, 0) is 45.5 Å². The van der Waals surface area contributed by atoms with Crippen LogP contribution in [0.25, 0.3) is 0 Å². The van der Waals surface area contributed by atoms with Crippen LogP contribution in [0.4, 0.5) is 0 Å². The standard InChI is InChI=1S/C23H28N2O7/c1-15(26)31-19-7-8-21(28)24-22(29-14-20(19)32-16(2)27)25-11-9-23(10-12-25)18-6-4-3-5-17(18)13-30-23/h3-6,19-20H,7-14H2,1-2H3/t19-,20+/m0/s1. The van der Waals surface area contributed by atoms with Crippen LogP contribution in [-0.4, -0.2) is 60.7 Å². The normalized spacial score (nSPS) is 25.0. The van der Waals surface area contributed by atoms with Gasteiger partial charge in [-0.25, -0.2) is 0 Å². The Bertz CT molecular complexity index is 921. The summed E-state index contributed by atoms with van der Waals surface area (Å²) in [4.78, 5) is 41.6. The van der Waals surface area contributed by atoms with Crippen molar-refractivity contribution in [3.05, 3.63) is 35.4 Å². The zero-order valence-electron chi connectivity index (χ0n) is 18.4. The Morgan fingerprint density at radius 3 is 2.50 bits per heavy atom. The molecule has 1 saturated heterocycles. The molecule has 0 unspecified atom stereocenters. The summed E-state index contributed by atoms with van der Waals surface area (Å²) in [5.41, 5.74) is 2.12. The van der Waals surface area contributed by atoms with E-state index in [1.165, 1.54) is 25.0 Å². The van der Waals surface area contributed by atoms with E-state index < -0.39 is 24.1 Å². The van der Waals surface area contributed by atoms with E-state index in [4.69, 9.17) is 18.9 Å². The molecule has 0 radical (unpaired) electrons. The quantitative estimate of drug-likeness (QED) is 0.639. The summed E-state index contributed by atoms with van der Waals surface area (Å²) in [6.07, 6.45) is 0.131. The Labute approximate surface area is 186 Å². The number of amidine groups is 1. The number of fused-ring (bicyclic) bond motifs is 2. The van der Waals surface area contributed by atoms with Crippen molar-refractivity contribution < 1.29 is 33.3 Å². The maximum Gasteiger partial charge on any atom is 0.303 e. The number of nitrogens with zero attached hydrogens (tertiary/aromatic N) is 2. The smallest absolute Gasteiger partial charge is 0.303 e. The zero-order valence-corrected chi connectivity index (χ0v) is 18.4. The number of hydrogen-bond donors (Lipinski definition) is 0. The van der Waals surface area contributed by atoms with Gasteiger partial charge in [0, 0.05) is 33.4 Å². The van der Waals surface area contributed by atoms with Crippen LogP contribution < -0.4 is 0 Å². The van der Waals surface area contributed by atoms with E-state index in [0.717, 1.165) is 12.8 Å². The maximum atomic E-state index is 12.4. The van der Waals surface area contributed by atoms with Gasteiger partial charge in [0.1, 0.15) is 12.7 Å². The average Bonchev–Trinajstić information content (AvgIpc) is 3.13. The van der Waals surface area contributed by atoms with Crippen LogP contribution in [0.1, 0.15) is 50.7 Å². The van der Waals surface area contributed by atoms with E-state index in [1.54, 1.807) is 0 Å². The minimum absolute atomic E-state index is 0.0524. The van der Waals surface area contributed by atoms with Gasteiger partial charge < -0.3 is 23.8 Å². The largest absolute Gasteiger partial charge is 0.461 e. The highest BCUT2D eigenvalue weighted by Gasteiger charge is 2.43. The van der Waals surface area contributed by atoms with Gasteiger partial charge in [-0.3, -0.25) is 14.4 Å². The highest BCUT2D eigenvalue weighted by Crippen LogP contribution is 2.44. The molecule has 0 bridgehead atoms. The van der Waals surface area contributed by atoms with Crippen LogP contribution in [0.15, 0.2) is 29.3 Å². The number of aliphatic imine (C=N–C) groups is 1. The Balaban J connectivity index is 1.47. The van der Waals surface area contributed by atoms with E-state index in [0.29, 0.717) is 19.7 Å². The minimum Gasteiger partial charge on any atom is -0.461 e. The average molecular weight is 444 g/mol. The van der Waals surface area contributed by atoms with Crippen molar-refractivity contribution in [3.8, 4) is 0 Å². The Kier molecular flexibility index (Phi) is 6.45. The Hall–Kier alpha value is -2.94. The second-order valence-corrected chi connectivity index (χ2v) is 8.36. The fourth-order valence-corrected chi connectivity index (χ4v) is 4.60. The van der Waals surface area contributed by atoms with Gasteiger partial charge in [-0.05, 0) is 30.4 Å². The first kappa shape index (κ1) is 22.3. The lowest BCUT2D eigenvalue weighted by Crippen LogP contribution is -2.47. The topological polar surface area (TPSA) is 104 Å². The summed E-state index contributed by atoms with van der Waals surface area (Å²) in [6.45, 7) is 4.30. The Morgan fingerprint density at radius 1 is 1.09 bits per heavy atom. The molecule has 3 heterocycles. The van der Waals surface area contributed by atoms with Crippen LogP contribution in [0.5, 0.6) is 0 Å². The van der Waals surface area contributed by atoms with Crippen molar-refractivity contribution >= 4 is 23.9 Å². The SMILES string of the molecule is CC(=O)O[C@H]1CCC(=O)N=C(N2CCC3(CC2)OCc2ccccc23)OC[C@H]1OC(C)=O. The van der Waals surface area contributed by atoms with E-state index in [1.807, 2.05) is 17.0 Å². The highest BCUT2D eigenvalue weighted by atomic mass is 16.6. The third-order valence-corrected chi connectivity index (χ3v) is 6.14. The molecule has 1 aromatic carbocycles. The summed E-state index contributed by atoms with van der Waals surface area (Å²) in [7, 11) is 0. The predicted molar refractivity (Wildman–Crippen MR) is 112 cm³/mol. The van der Waals surface area contributed by atoms with E-state index >= 15 is 0 Å². The molecule has 0 N–H and O–H groups in total. The van der Waals surface area contributed by atoms with Crippen molar-refractivity contribution in [2.75, 3.05) is 19.7 Å². The lowest BCUT2D eigenvalue weighted by atomic mass is 9.84. The zero-order chi connectivity index (χ0) is 22.7. The number of piperidine rings is 1. The number of carbonyl (C=O) groups excluding carboxylic acids is 3. The van der Waals surface area contributed by atoms with Crippen LogP contribution >= 0.6 is 0 Å². The lowest BCUT2D eigenvalue weighted by Gasteiger charge is -2.40. The molecule has 172 valence electrons. The second-order valence-electron chi connectivity index (χ2n) is 8.36. The number of carbonyl (C=O) groups is 3. The Morgan fingerprint density at radius 2 is 1.78 bits per heavy atom. The molecule has 4 rings (SSSR count). The first-order valence-corrected chi connectivity index (χ1v) is 10.9. The molecule has 1 aromatic rings. The van der Waals surface area contributed by atoms with Crippen molar-refractivity contribution in [2.24, 2.45) is 4.99 Å². The molecule has 3 aliphatic heterocycles. The van der Waals surface area contributed by atoms with Gasteiger partial charge in [0.25, 0.3) is 6.02 Å². The number of likely N-dealkylation sites (tertiary alicyclic amines) is 1. The van der Waals surface area contributed by atoms with Gasteiger partial charge >= 0.3 is 11.9 Å². The van der Waals surface area contributed by atoms with E-state index in [9.17, 15) is 14.4 Å². The van der Waals surface area contributed by atoms with E-state index in [-0.39, 0.29) is 37.0 Å². The number of hydrogen-bond acceptors (Lipinski definition) is 8. The first-order valence-electron chi connectivity index (χ1n) is 10.9. The molecule has 9 nitrogen and oxygen atoms in total. The number of esters is 2. The molecule has 0 saturated carbocycles. The molecule has 0 aliphatic carbocycles. The van der Waals surface area contributed by atoms with Crippen molar-refractivity contribution in [2.45, 2.75) is 63.9 Å². The van der Waals surface area contributed by atoms with Crippen molar-refractivity contribution in [1.29, 1.82) is 0 Å². The van der Waals surface area contributed by atoms with Crippen molar-refractivity contribution in [3.63, 3.8) is 0 Å². The molecular weight excluding hydrogens is 416 g/mol.